The van der Waals surface area contributed by atoms with E-state index >= 15 is 0 Å². The van der Waals surface area contributed by atoms with Gasteiger partial charge in [-0.1, -0.05) is 24.3 Å². The number of piperidine rings is 1. The maximum absolute atomic E-state index is 12.8. The summed E-state index contributed by atoms with van der Waals surface area (Å²) in [4.78, 5) is 26.9. The van der Waals surface area contributed by atoms with Crippen molar-refractivity contribution in [2.45, 2.75) is 18.8 Å². The second-order valence-corrected chi connectivity index (χ2v) is 6.86. The Morgan fingerprint density at radius 3 is 2.57 bits per heavy atom. The summed E-state index contributed by atoms with van der Waals surface area (Å²) in [6.45, 7) is 1.24. The molecule has 0 atom stereocenters. The predicted molar refractivity (Wildman–Crippen MR) is 105 cm³/mol. The van der Waals surface area contributed by atoms with Gasteiger partial charge >= 0.3 is 5.69 Å². The lowest BCUT2D eigenvalue weighted by Crippen LogP contribution is -2.38. The van der Waals surface area contributed by atoms with Crippen LogP contribution in [-0.4, -0.2) is 45.8 Å². The number of para-hydroxylation sites is 1. The average molecular weight is 378 g/mol. The number of rotatable bonds is 4. The molecule has 144 valence electrons. The van der Waals surface area contributed by atoms with Crippen LogP contribution in [0.3, 0.4) is 0 Å². The maximum Gasteiger partial charge on any atom is 0.347 e. The van der Waals surface area contributed by atoms with E-state index in [1.807, 2.05) is 47.4 Å². The molecule has 1 aliphatic rings. The van der Waals surface area contributed by atoms with E-state index in [9.17, 15) is 9.59 Å². The Morgan fingerprint density at radius 1 is 1.11 bits per heavy atom. The van der Waals surface area contributed by atoms with E-state index < -0.39 is 0 Å². The van der Waals surface area contributed by atoms with Crippen molar-refractivity contribution in [1.29, 1.82) is 0 Å². The fourth-order valence-corrected chi connectivity index (χ4v) is 3.69. The number of methoxy groups -OCH3 is 1. The van der Waals surface area contributed by atoms with Crippen LogP contribution in [0.4, 0.5) is 0 Å². The first-order valence-corrected chi connectivity index (χ1v) is 9.33. The van der Waals surface area contributed by atoms with Crippen molar-refractivity contribution in [3.63, 3.8) is 0 Å². The van der Waals surface area contributed by atoms with Gasteiger partial charge in [0.1, 0.15) is 11.6 Å². The molecule has 2 aromatic carbocycles. The molecule has 7 nitrogen and oxygen atoms in total. The Hall–Kier alpha value is -3.35. The molecule has 1 fully saturated rings. The largest absolute Gasteiger partial charge is 0.497 e. The third kappa shape index (κ3) is 3.43. The van der Waals surface area contributed by atoms with Gasteiger partial charge in [0, 0.05) is 24.6 Å². The summed E-state index contributed by atoms with van der Waals surface area (Å²) in [5.41, 5.74) is 1.18. The minimum Gasteiger partial charge on any atom is -0.497 e. The first-order chi connectivity index (χ1) is 13.7. The zero-order valence-corrected chi connectivity index (χ0v) is 15.7. The van der Waals surface area contributed by atoms with Crippen LogP contribution in [0.15, 0.2) is 59.4 Å². The highest BCUT2D eigenvalue weighted by molar-refractivity contribution is 5.94. The number of hydrogen-bond acceptors (Lipinski definition) is 4. The number of H-pyrrole nitrogens is 1. The highest BCUT2D eigenvalue weighted by Crippen LogP contribution is 2.28. The van der Waals surface area contributed by atoms with Crippen molar-refractivity contribution in [1.82, 2.24) is 19.7 Å². The summed E-state index contributed by atoms with van der Waals surface area (Å²) >= 11 is 0. The number of amides is 1. The second-order valence-electron chi connectivity index (χ2n) is 6.86. The number of aromatic amines is 1. The van der Waals surface area contributed by atoms with Gasteiger partial charge in [-0.3, -0.25) is 4.79 Å². The van der Waals surface area contributed by atoms with Crippen molar-refractivity contribution in [3.8, 4) is 11.4 Å². The molecule has 1 aliphatic heterocycles. The summed E-state index contributed by atoms with van der Waals surface area (Å²) < 4.78 is 6.84. The van der Waals surface area contributed by atoms with E-state index in [-0.39, 0.29) is 17.5 Å². The lowest BCUT2D eigenvalue weighted by Gasteiger charge is -2.31. The SMILES string of the molecule is COc1cccc(C(=O)N2CCC(c3n[nH]c(=O)n3-c3ccccc3)CC2)c1. The fraction of sp³-hybridized carbons (Fsp3) is 0.286. The van der Waals surface area contributed by atoms with E-state index in [1.54, 1.807) is 23.8 Å². The molecule has 28 heavy (non-hydrogen) atoms. The Labute approximate surface area is 162 Å². The van der Waals surface area contributed by atoms with E-state index in [4.69, 9.17) is 4.74 Å². The third-order valence-electron chi connectivity index (χ3n) is 5.18. The molecule has 0 bridgehead atoms. The minimum absolute atomic E-state index is 0.000160. The predicted octanol–water partition coefficient (Wildman–Crippen LogP) is 2.59. The van der Waals surface area contributed by atoms with Gasteiger partial charge in [0.2, 0.25) is 0 Å². The van der Waals surface area contributed by atoms with Crippen LogP contribution in [0.5, 0.6) is 5.75 Å². The normalized spacial score (nSPS) is 14.8. The average Bonchev–Trinajstić information content (AvgIpc) is 3.15. The number of benzene rings is 2. The van der Waals surface area contributed by atoms with Gasteiger partial charge in [-0.25, -0.2) is 14.5 Å². The van der Waals surface area contributed by atoms with Gasteiger partial charge in [0.25, 0.3) is 5.91 Å². The number of nitrogens with one attached hydrogen (secondary N) is 1. The number of nitrogens with zero attached hydrogens (tertiary/aromatic N) is 3. The monoisotopic (exact) mass is 378 g/mol. The van der Waals surface area contributed by atoms with Crippen molar-refractivity contribution in [3.05, 3.63) is 76.5 Å². The van der Waals surface area contributed by atoms with Crippen LogP contribution in [-0.2, 0) is 0 Å². The second kappa shape index (κ2) is 7.72. The summed E-state index contributed by atoms with van der Waals surface area (Å²) in [7, 11) is 1.59. The molecule has 0 radical (unpaired) electrons. The lowest BCUT2D eigenvalue weighted by atomic mass is 9.95. The molecule has 0 saturated carbocycles. The van der Waals surface area contributed by atoms with Crippen LogP contribution in [0.2, 0.25) is 0 Å². The van der Waals surface area contributed by atoms with E-state index in [1.165, 1.54) is 0 Å². The number of hydrogen-bond donors (Lipinski definition) is 1. The number of likely N-dealkylation sites (tertiary alicyclic amines) is 1. The molecular weight excluding hydrogens is 356 g/mol. The molecule has 0 unspecified atom stereocenters. The van der Waals surface area contributed by atoms with Crippen LogP contribution in [0.1, 0.15) is 34.9 Å². The Bertz CT molecular complexity index is 1020. The Kier molecular flexibility index (Phi) is 4.97. The van der Waals surface area contributed by atoms with Crippen molar-refractivity contribution >= 4 is 5.91 Å². The molecule has 2 heterocycles. The van der Waals surface area contributed by atoms with Crippen LogP contribution in [0.25, 0.3) is 5.69 Å². The van der Waals surface area contributed by atoms with Crippen LogP contribution >= 0.6 is 0 Å². The van der Waals surface area contributed by atoms with E-state index in [0.29, 0.717) is 24.4 Å². The molecule has 3 aromatic rings. The fourth-order valence-electron chi connectivity index (χ4n) is 3.69. The summed E-state index contributed by atoms with van der Waals surface area (Å²) in [6, 6.07) is 16.7. The molecule has 7 heteroatoms. The van der Waals surface area contributed by atoms with Crippen LogP contribution in [0, 0.1) is 0 Å². The quantitative estimate of drug-likeness (QED) is 0.757. The molecule has 4 rings (SSSR count). The number of carbonyl (C=O) groups excluding carboxylic acids is 1. The van der Waals surface area contributed by atoms with Gasteiger partial charge in [-0.05, 0) is 43.2 Å². The molecular formula is C21H22N4O3. The zero-order chi connectivity index (χ0) is 19.5. The number of ether oxygens (including phenoxy) is 1. The first kappa shape index (κ1) is 18.0. The van der Waals surface area contributed by atoms with Crippen molar-refractivity contribution < 1.29 is 9.53 Å². The molecule has 0 aliphatic carbocycles. The Morgan fingerprint density at radius 2 is 1.86 bits per heavy atom. The van der Waals surface area contributed by atoms with Crippen molar-refractivity contribution in [2.75, 3.05) is 20.2 Å². The zero-order valence-electron chi connectivity index (χ0n) is 15.7. The summed E-state index contributed by atoms with van der Waals surface area (Å²) in [5.74, 6) is 1.52. The standard InChI is InChI=1S/C21H22N4O3/c1-28-18-9-5-6-16(14-18)20(26)24-12-10-15(11-13-24)19-22-23-21(27)25(19)17-7-3-2-4-8-17/h2-9,14-15H,10-13H2,1H3,(H,23,27). The number of carbonyl (C=O) groups is 1. The van der Waals surface area contributed by atoms with Gasteiger partial charge in [-0.15, -0.1) is 0 Å². The lowest BCUT2D eigenvalue weighted by molar-refractivity contribution is 0.0710. The first-order valence-electron chi connectivity index (χ1n) is 9.33. The van der Waals surface area contributed by atoms with E-state index in [2.05, 4.69) is 10.2 Å². The minimum atomic E-state index is -0.240. The highest BCUT2D eigenvalue weighted by Gasteiger charge is 2.28. The van der Waals surface area contributed by atoms with E-state index in [0.717, 1.165) is 24.4 Å². The highest BCUT2D eigenvalue weighted by atomic mass is 16.5. The maximum atomic E-state index is 12.8. The molecule has 1 saturated heterocycles. The van der Waals surface area contributed by atoms with Gasteiger partial charge in [0.15, 0.2) is 0 Å². The van der Waals surface area contributed by atoms with Gasteiger partial charge in [-0.2, -0.15) is 5.10 Å². The topological polar surface area (TPSA) is 80.2 Å². The number of aromatic nitrogens is 3. The smallest absolute Gasteiger partial charge is 0.347 e. The molecule has 0 spiro atoms. The molecule has 1 aromatic heterocycles. The molecule has 1 amide bonds. The summed E-state index contributed by atoms with van der Waals surface area (Å²) in [6.07, 6.45) is 1.51. The molecule has 1 N–H and O–H groups in total. The van der Waals surface area contributed by atoms with Crippen molar-refractivity contribution in [2.24, 2.45) is 0 Å². The van der Waals surface area contributed by atoms with Crippen LogP contribution < -0.4 is 10.4 Å². The summed E-state index contributed by atoms with van der Waals surface area (Å²) in [5, 5.41) is 6.84. The third-order valence-corrected chi connectivity index (χ3v) is 5.18. The van der Waals surface area contributed by atoms with Gasteiger partial charge < -0.3 is 9.64 Å². The van der Waals surface area contributed by atoms with Gasteiger partial charge in [0.05, 0.1) is 12.8 Å². The Balaban J connectivity index is 1.49.